The highest BCUT2D eigenvalue weighted by Gasteiger charge is 2.16. The summed E-state index contributed by atoms with van der Waals surface area (Å²) in [6.45, 7) is 0. The lowest BCUT2D eigenvalue weighted by Gasteiger charge is -2.19. The molecule has 0 aliphatic carbocycles. The van der Waals surface area contributed by atoms with E-state index in [1.807, 2.05) is 60.7 Å². The predicted molar refractivity (Wildman–Crippen MR) is 84.3 cm³/mol. The smallest absolute Gasteiger partial charge is 0.227 e. The molecule has 0 bridgehead atoms. The molecule has 20 heavy (non-hydrogen) atoms. The Morgan fingerprint density at radius 2 is 1.45 bits per heavy atom. The van der Waals surface area contributed by atoms with Gasteiger partial charge in [0.1, 0.15) is 0 Å². The normalized spacial score (nSPS) is 10.2. The van der Waals surface area contributed by atoms with E-state index < -0.39 is 0 Å². The van der Waals surface area contributed by atoms with Crippen molar-refractivity contribution in [3.05, 3.63) is 71.8 Å². The molecular formula is C16H16N2OS. The number of nitrogens with two attached hydrogens (primary N) is 1. The first-order chi connectivity index (χ1) is 9.66. The van der Waals surface area contributed by atoms with E-state index in [0.717, 1.165) is 11.1 Å². The maximum Gasteiger partial charge on any atom is 0.227 e. The van der Waals surface area contributed by atoms with Crippen LogP contribution in [-0.2, 0) is 4.79 Å². The summed E-state index contributed by atoms with van der Waals surface area (Å²) in [5.41, 5.74) is 7.46. The number of carbonyl (C=O) groups excluding carboxylic acids is 1. The maximum absolute atomic E-state index is 11.9. The highest BCUT2D eigenvalue weighted by Crippen LogP contribution is 2.21. The van der Waals surface area contributed by atoms with Crippen molar-refractivity contribution in [2.75, 3.05) is 0 Å². The van der Waals surface area contributed by atoms with Gasteiger partial charge in [-0.25, -0.2) is 0 Å². The molecule has 0 aliphatic rings. The fourth-order valence-corrected chi connectivity index (χ4v) is 2.15. The summed E-state index contributed by atoms with van der Waals surface area (Å²) < 4.78 is 0. The number of hydrogen-bond acceptors (Lipinski definition) is 2. The molecule has 0 radical (unpaired) electrons. The van der Waals surface area contributed by atoms with E-state index in [1.54, 1.807) is 0 Å². The van der Waals surface area contributed by atoms with Crippen LogP contribution in [0.2, 0.25) is 0 Å². The molecule has 0 saturated carbocycles. The van der Waals surface area contributed by atoms with E-state index in [0.29, 0.717) is 0 Å². The van der Waals surface area contributed by atoms with E-state index >= 15 is 0 Å². The van der Waals surface area contributed by atoms with Gasteiger partial charge >= 0.3 is 0 Å². The Kier molecular flexibility index (Phi) is 4.85. The SMILES string of the molecule is NC(=S)CC(=O)NC(c1ccccc1)c1ccccc1. The number of benzene rings is 2. The minimum atomic E-state index is -0.195. The molecule has 0 saturated heterocycles. The van der Waals surface area contributed by atoms with Gasteiger partial charge < -0.3 is 11.1 Å². The van der Waals surface area contributed by atoms with Crippen LogP contribution in [0.3, 0.4) is 0 Å². The fourth-order valence-electron chi connectivity index (χ4n) is 2.02. The van der Waals surface area contributed by atoms with Crippen molar-refractivity contribution in [2.24, 2.45) is 5.73 Å². The molecule has 4 heteroatoms. The molecule has 0 spiro atoms. The second-order valence-electron chi connectivity index (χ2n) is 4.46. The largest absolute Gasteiger partial charge is 0.393 e. The first-order valence-electron chi connectivity index (χ1n) is 6.34. The van der Waals surface area contributed by atoms with Gasteiger partial charge in [-0.05, 0) is 11.1 Å². The molecule has 0 aliphatic heterocycles. The van der Waals surface area contributed by atoms with Crippen molar-refractivity contribution in [1.82, 2.24) is 5.32 Å². The van der Waals surface area contributed by atoms with Gasteiger partial charge in [0.05, 0.1) is 17.5 Å². The zero-order valence-corrected chi connectivity index (χ0v) is 11.8. The standard InChI is InChI=1S/C16H16N2OS/c17-14(20)11-15(19)18-16(12-7-3-1-4-8-12)13-9-5-2-6-10-13/h1-10,16H,11H2,(H2,17,20)(H,18,19). The molecule has 3 nitrogen and oxygen atoms in total. The van der Waals surface area contributed by atoms with E-state index in [4.69, 9.17) is 18.0 Å². The second-order valence-corrected chi connectivity index (χ2v) is 4.99. The van der Waals surface area contributed by atoms with Crippen LogP contribution in [-0.4, -0.2) is 10.9 Å². The summed E-state index contributed by atoms with van der Waals surface area (Å²) in [6, 6.07) is 19.4. The zero-order valence-electron chi connectivity index (χ0n) is 11.0. The molecule has 1 amide bonds. The van der Waals surface area contributed by atoms with Gasteiger partial charge in [0.25, 0.3) is 0 Å². The Morgan fingerprint density at radius 1 is 1.00 bits per heavy atom. The van der Waals surface area contributed by atoms with Crippen LogP contribution in [0.25, 0.3) is 0 Å². The molecule has 0 atom stereocenters. The van der Waals surface area contributed by atoms with Crippen LogP contribution in [0, 0.1) is 0 Å². The lowest BCUT2D eigenvalue weighted by atomic mass is 9.98. The van der Waals surface area contributed by atoms with Crippen molar-refractivity contribution in [3.8, 4) is 0 Å². The van der Waals surface area contributed by atoms with E-state index in [1.165, 1.54) is 0 Å². The number of nitrogens with one attached hydrogen (secondary N) is 1. The highest BCUT2D eigenvalue weighted by molar-refractivity contribution is 7.80. The maximum atomic E-state index is 11.9. The van der Waals surface area contributed by atoms with Gasteiger partial charge in [0.2, 0.25) is 5.91 Å². The molecule has 2 aromatic rings. The molecular weight excluding hydrogens is 268 g/mol. The van der Waals surface area contributed by atoms with Gasteiger partial charge in [-0.1, -0.05) is 72.9 Å². The Hall–Kier alpha value is -2.20. The molecule has 3 N–H and O–H groups in total. The Morgan fingerprint density at radius 3 is 1.85 bits per heavy atom. The molecule has 0 unspecified atom stereocenters. The van der Waals surface area contributed by atoms with Crippen LogP contribution in [0.1, 0.15) is 23.6 Å². The third-order valence-electron chi connectivity index (χ3n) is 2.91. The summed E-state index contributed by atoms with van der Waals surface area (Å²) >= 11 is 4.77. The number of hydrogen-bond donors (Lipinski definition) is 2. The molecule has 102 valence electrons. The predicted octanol–water partition coefficient (Wildman–Crippen LogP) is 2.57. The molecule has 0 fully saturated rings. The van der Waals surface area contributed by atoms with Crippen LogP contribution >= 0.6 is 12.2 Å². The Labute approximate surface area is 123 Å². The van der Waals surface area contributed by atoms with Crippen molar-refractivity contribution >= 4 is 23.1 Å². The minimum absolute atomic E-state index is 0.0610. The summed E-state index contributed by atoms with van der Waals surface area (Å²) in [4.78, 5) is 12.1. The minimum Gasteiger partial charge on any atom is -0.393 e. The summed E-state index contributed by atoms with van der Waals surface area (Å²) in [5.74, 6) is -0.171. The fraction of sp³-hybridized carbons (Fsp3) is 0.125. The average Bonchev–Trinajstić information content (AvgIpc) is 2.46. The molecule has 0 heterocycles. The van der Waals surface area contributed by atoms with E-state index in [9.17, 15) is 4.79 Å². The topological polar surface area (TPSA) is 55.1 Å². The highest BCUT2D eigenvalue weighted by atomic mass is 32.1. The lowest BCUT2D eigenvalue weighted by Crippen LogP contribution is -2.32. The zero-order chi connectivity index (χ0) is 14.4. The molecule has 0 aromatic heterocycles. The third kappa shape index (κ3) is 3.90. The van der Waals surface area contributed by atoms with Crippen molar-refractivity contribution < 1.29 is 4.79 Å². The summed E-state index contributed by atoms with van der Waals surface area (Å²) in [5, 5.41) is 2.97. The van der Waals surface area contributed by atoms with Crippen molar-refractivity contribution in [1.29, 1.82) is 0 Å². The number of amides is 1. The van der Waals surface area contributed by atoms with Gasteiger partial charge in [-0.15, -0.1) is 0 Å². The Bertz CT molecular complexity index is 544. The van der Waals surface area contributed by atoms with Gasteiger partial charge in [-0.3, -0.25) is 4.79 Å². The van der Waals surface area contributed by atoms with Crippen LogP contribution < -0.4 is 11.1 Å². The number of rotatable bonds is 5. The van der Waals surface area contributed by atoms with Crippen LogP contribution in [0.15, 0.2) is 60.7 Å². The number of thiocarbonyl (C=S) groups is 1. The Balaban J connectivity index is 2.26. The van der Waals surface area contributed by atoms with Gasteiger partial charge in [0, 0.05) is 0 Å². The van der Waals surface area contributed by atoms with E-state index in [2.05, 4.69) is 5.32 Å². The average molecular weight is 284 g/mol. The second kappa shape index (κ2) is 6.82. The first kappa shape index (κ1) is 14.2. The van der Waals surface area contributed by atoms with Crippen molar-refractivity contribution in [3.63, 3.8) is 0 Å². The summed E-state index contributed by atoms with van der Waals surface area (Å²) in [6.07, 6.45) is 0.0610. The van der Waals surface area contributed by atoms with Crippen LogP contribution in [0.4, 0.5) is 0 Å². The van der Waals surface area contributed by atoms with Gasteiger partial charge in [-0.2, -0.15) is 0 Å². The first-order valence-corrected chi connectivity index (χ1v) is 6.75. The third-order valence-corrected chi connectivity index (χ3v) is 3.05. The molecule has 2 rings (SSSR count). The quantitative estimate of drug-likeness (QED) is 0.830. The van der Waals surface area contributed by atoms with E-state index in [-0.39, 0.29) is 23.4 Å². The lowest BCUT2D eigenvalue weighted by molar-refractivity contribution is -0.120. The molecule has 2 aromatic carbocycles. The number of carbonyl (C=O) groups is 1. The van der Waals surface area contributed by atoms with Crippen molar-refractivity contribution in [2.45, 2.75) is 12.5 Å². The van der Waals surface area contributed by atoms with Gasteiger partial charge in [0.15, 0.2) is 0 Å². The monoisotopic (exact) mass is 284 g/mol. The van der Waals surface area contributed by atoms with Crippen LogP contribution in [0.5, 0.6) is 0 Å². The summed E-state index contributed by atoms with van der Waals surface area (Å²) in [7, 11) is 0.